The number of anilines is 2. The topological polar surface area (TPSA) is 52.7 Å². The molecule has 1 fully saturated rings. The fourth-order valence-corrected chi connectivity index (χ4v) is 5.62. The molecule has 9 heteroatoms. The number of carbonyl (C=O) groups excluding carboxylic acids is 2. The predicted octanol–water partition coefficient (Wildman–Crippen LogP) is 6.17. The number of amides is 2. The SMILES string of the molecule is CCC(=O)N1CCN(c2ccc(NC(=O)c3sc4cc(Cl)ccc4c3Cl)cc2Cl)CC1. The molecule has 1 N–H and O–H groups in total. The Balaban J connectivity index is 1.47. The highest BCUT2D eigenvalue weighted by Gasteiger charge is 2.22. The van der Waals surface area contributed by atoms with E-state index in [1.807, 2.05) is 30.0 Å². The van der Waals surface area contributed by atoms with Gasteiger partial charge in [-0.3, -0.25) is 9.59 Å². The zero-order valence-corrected chi connectivity index (χ0v) is 19.8. The third-order valence-electron chi connectivity index (χ3n) is 5.28. The standard InChI is InChI=1S/C22H20Cl3N3O2S/c1-2-19(29)28-9-7-27(8-10-28)17-6-4-14(12-16(17)24)26-22(30)21-20(25)15-5-3-13(23)11-18(15)31-21/h3-6,11-12H,2,7-10H2,1H3,(H,26,30). The van der Waals surface area contributed by atoms with Crippen LogP contribution in [-0.2, 0) is 4.79 Å². The third-order valence-corrected chi connectivity index (χ3v) is 7.47. The predicted molar refractivity (Wildman–Crippen MR) is 130 cm³/mol. The average molecular weight is 497 g/mol. The fraction of sp³-hybridized carbons (Fsp3) is 0.273. The lowest BCUT2D eigenvalue weighted by atomic mass is 10.2. The largest absolute Gasteiger partial charge is 0.367 e. The maximum atomic E-state index is 12.8. The minimum atomic E-state index is -0.294. The molecule has 4 rings (SSSR count). The Morgan fingerprint density at radius 1 is 1.03 bits per heavy atom. The minimum Gasteiger partial charge on any atom is -0.367 e. The van der Waals surface area contributed by atoms with Crippen LogP contribution >= 0.6 is 46.1 Å². The summed E-state index contributed by atoms with van der Waals surface area (Å²) < 4.78 is 0.858. The second kappa shape index (κ2) is 9.25. The van der Waals surface area contributed by atoms with Crippen molar-refractivity contribution in [3.8, 4) is 0 Å². The maximum Gasteiger partial charge on any atom is 0.267 e. The van der Waals surface area contributed by atoms with Gasteiger partial charge in [0.15, 0.2) is 0 Å². The summed E-state index contributed by atoms with van der Waals surface area (Å²) in [7, 11) is 0. The molecule has 0 saturated carbocycles. The Bertz CT molecular complexity index is 1160. The Morgan fingerprint density at radius 3 is 2.45 bits per heavy atom. The van der Waals surface area contributed by atoms with Gasteiger partial charge < -0.3 is 15.1 Å². The number of benzene rings is 2. The van der Waals surface area contributed by atoms with Gasteiger partial charge in [0, 0.05) is 53.4 Å². The van der Waals surface area contributed by atoms with Gasteiger partial charge in [-0.2, -0.15) is 0 Å². The lowest BCUT2D eigenvalue weighted by Crippen LogP contribution is -2.48. The number of piperazine rings is 1. The van der Waals surface area contributed by atoms with Crippen LogP contribution in [0.25, 0.3) is 10.1 Å². The molecular weight excluding hydrogens is 477 g/mol. The zero-order chi connectivity index (χ0) is 22.1. The Kier molecular flexibility index (Phi) is 6.63. The van der Waals surface area contributed by atoms with Gasteiger partial charge in [0.25, 0.3) is 5.91 Å². The number of nitrogens with one attached hydrogen (secondary N) is 1. The van der Waals surface area contributed by atoms with Crippen molar-refractivity contribution < 1.29 is 9.59 Å². The molecule has 3 aromatic rings. The van der Waals surface area contributed by atoms with Crippen LogP contribution in [0.3, 0.4) is 0 Å². The molecule has 1 aliphatic heterocycles. The van der Waals surface area contributed by atoms with Crippen LogP contribution in [0.5, 0.6) is 0 Å². The van der Waals surface area contributed by atoms with Crippen LogP contribution in [0.1, 0.15) is 23.0 Å². The lowest BCUT2D eigenvalue weighted by molar-refractivity contribution is -0.131. The molecule has 0 aliphatic carbocycles. The summed E-state index contributed by atoms with van der Waals surface area (Å²) >= 11 is 20.3. The molecule has 1 aromatic heterocycles. The number of thiophene rings is 1. The first kappa shape index (κ1) is 22.2. The molecule has 2 heterocycles. The first-order valence-corrected chi connectivity index (χ1v) is 11.8. The Labute approximate surface area is 199 Å². The van der Waals surface area contributed by atoms with E-state index >= 15 is 0 Å². The number of hydrogen-bond acceptors (Lipinski definition) is 4. The van der Waals surface area contributed by atoms with Gasteiger partial charge in [-0.25, -0.2) is 0 Å². The monoisotopic (exact) mass is 495 g/mol. The smallest absolute Gasteiger partial charge is 0.267 e. The molecular formula is C22H20Cl3N3O2S. The molecule has 162 valence electrons. The highest BCUT2D eigenvalue weighted by Crippen LogP contribution is 2.37. The number of carbonyl (C=O) groups is 2. The molecule has 0 radical (unpaired) electrons. The second-order valence-electron chi connectivity index (χ2n) is 7.23. The quantitative estimate of drug-likeness (QED) is 0.470. The van der Waals surface area contributed by atoms with E-state index in [0.717, 1.165) is 28.9 Å². The van der Waals surface area contributed by atoms with Crippen molar-refractivity contribution in [2.45, 2.75) is 13.3 Å². The maximum absolute atomic E-state index is 12.8. The lowest BCUT2D eigenvalue weighted by Gasteiger charge is -2.36. The Hall–Kier alpha value is -1.99. The highest BCUT2D eigenvalue weighted by molar-refractivity contribution is 7.21. The van der Waals surface area contributed by atoms with E-state index in [9.17, 15) is 9.59 Å². The molecule has 0 spiro atoms. The van der Waals surface area contributed by atoms with E-state index in [-0.39, 0.29) is 11.8 Å². The van der Waals surface area contributed by atoms with Crippen LogP contribution in [-0.4, -0.2) is 42.9 Å². The number of rotatable bonds is 4. The second-order valence-corrected chi connectivity index (χ2v) is 9.50. The summed E-state index contributed by atoms with van der Waals surface area (Å²) in [6, 6.07) is 10.8. The highest BCUT2D eigenvalue weighted by atomic mass is 35.5. The van der Waals surface area contributed by atoms with Crippen LogP contribution in [0, 0.1) is 0 Å². The van der Waals surface area contributed by atoms with E-state index in [0.29, 0.717) is 45.1 Å². The third kappa shape index (κ3) is 4.62. The van der Waals surface area contributed by atoms with Crippen molar-refractivity contribution in [3.63, 3.8) is 0 Å². The number of hydrogen-bond donors (Lipinski definition) is 1. The molecule has 1 aliphatic rings. The molecule has 0 unspecified atom stereocenters. The summed E-state index contributed by atoms with van der Waals surface area (Å²) in [6.45, 7) is 4.67. The number of fused-ring (bicyclic) bond motifs is 1. The zero-order valence-electron chi connectivity index (χ0n) is 16.8. The van der Waals surface area contributed by atoms with Crippen molar-refractivity contribution in [1.29, 1.82) is 0 Å². The van der Waals surface area contributed by atoms with Crippen molar-refractivity contribution in [2.24, 2.45) is 0 Å². The van der Waals surface area contributed by atoms with Gasteiger partial charge in [0.05, 0.1) is 15.7 Å². The van der Waals surface area contributed by atoms with E-state index in [4.69, 9.17) is 34.8 Å². The van der Waals surface area contributed by atoms with Crippen molar-refractivity contribution in [2.75, 3.05) is 36.4 Å². The first-order chi connectivity index (χ1) is 14.9. The summed E-state index contributed by atoms with van der Waals surface area (Å²) in [5.41, 5.74) is 1.47. The van der Waals surface area contributed by atoms with E-state index in [2.05, 4.69) is 10.2 Å². The summed E-state index contributed by atoms with van der Waals surface area (Å²) in [5.74, 6) is -0.121. The normalized spacial score (nSPS) is 14.2. The van der Waals surface area contributed by atoms with Gasteiger partial charge >= 0.3 is 0 Å². The Morgan fingerprint density at radius 2 is 1.77 bits per heavy atom. The van der Waals surface area contributed by atoms with Crippen LogP contribution in [0.4, 0.5) is 11.4 Å². The molecule has 2 amide bonds. The summed E-state index contributed by atoms with van der Waals surface area (Å²) in [4.78, 5) is 29.1. The summed E-state index contributed by atoms with van der Waals surface area (Å²) in [6.07, 6.45) is 0.520. The van der Waals surface area contributed by atoms with Gasteiger partial charge in [0.1, 0.15) is 4.88 Å². The van der Waals surface area contributed by atoms with E-state index in [1.165, 1.54) is 11.3 Å². The molecule has 5 nitrogen and oxygen atoms in total. The molecule has 2 aromatic carbocycles. The fourth-order valence-electron chi connectivity index (χ4n) is 3.63. The van der Waals surface area contributed by atoms with Gasteiger partial charge in [0.2, 0.25) is 5.91 Å². The van der Waals surface area contributed by atoms with Crippen LogP contribution in [0.2, 0.25) is 15.1 Å². The minimum absolute atomic E-state index is 0.172. The number of halogens is 3. The molecule has 0 atom stereocenters. The van der Waals surface area contributed by atoms with Crippen molar-refractivity contribution >= 4 is 79.4 Å². The van der Waals surface area contributed by atoms with Gasteiger partial charge in [-0.05, 0) is 30.3 Å². The molecule has 0 bridgehead atoms. The number of nitrogens with zero attached hydrogens (tertiary/aromatic N) is 2. The molecule has 1 saturated heterocycles. The van der Waals surface area contributed by atoms with Crippen molar-refractivity contribution in [3.05, 3.63) is 56.3 Å². The van der Waals surface area contributed by atoms with E-state index < -0.39 is 0 Å². The van der Waals surface area contributed by atoms with Crippen LogP contribution in [0.15, 0.2) is 36.4 Å². The average Bonchev–Trinajstić information content (AvgIpc) is 3.09. The van der Waals surface area contributed by atoms with Gasteiger partial charge in [-0.15, -0.1) is 11.3 Å². The van der Waals surface area contributed by atoms with Crippen molar-refractivity contribution in [1.82, 2.24) is 4.90 Å². The first-order valence-electron chi connectivity index (χ1n) is 9.88. The summed E-state index contributed by atoms with van der Waals surface area (Å²) in [5, 5.41) is 5.23. The van der Waals surface area contributed by atoms with Gasteiger partial charge in [-0.1, -0.05) is 47.8 Å². The van der Waals surface area contributed by atoms with Crippen LogP contribution < -0.4 is 10.2 Å². The molecule has 31 heavy (non-hydrogen) atoms. The van der Waals surface area contributed by atoms with E-state index in [1.54, 1.807) is 18.2 Å².